The number of hydrogen-bond donors (Lipinski definition) is 0. The normalized spacial score (nSPS) is 22.5. The van der Waals surface area contributed by atoms with E-state index in [0.29, 0.717) is 18.2 Å². The molecule has 1 aromatic rings. The van der Waals surface area contributed by atoms with Crippen molar-refractivity contribution in [1.82, 2.24) is 9.80 Å². The fourth-order valence-corrected chi connectivity index (χ4v) is 3.77. The SMILES string of the molecule is C=CCC(=O)N1CCCC(N2CCN(c3ccccc3F)CC2)C1. The number of carbonyl (C=O) groups is 1. The Balaban J connectivity index is 1.55. The number of nitrogens with zero attached hydrogens (tertiary/aromatic N) is 3. The first-order valence-electron chi connectivity index (χ1n) is 8.81. The molecule has 0 aromatic heterocycles. The van der Waals surface area contributed by atoms with Crippen molar-refractivity contribution in [3.05, 3.63) is 42.7 Å². The van der Waals surface area contributed by atoms with Gasteiger partial charge in [0.25, 0.3) is 0 Å². The van der Waals surface area contributed by atoms with Crippen LogP contribution in [0.3, 0.4) is 0 Å². The highest BCUT2D eigenvalue weighted by Gasteiger charge is 2.30. The number of anilines is 1. The van der Waals surface area contributed by atoms with Crippen LogP contribution in [0.5, 0.6) is 0 Å². The largest absolute Gasteiger partial charge is 0.367 e. The van der Waals surface area contributed by atoms with Gasteiger partial charge in [-0.2, -0.15) is 0 Å². The first-order valence-corrected chi connectivity index (χ1v) is 8.81. The van der Waals surface area contributed by atoms with Crippen LogP contribution in [0.25, 0.3) is 0 Å². The molecule has 0 saturated carbocycles. The minimum Gasteiger partial charge on any atom is -0.367 e. The topological polar surface area (TPSA) is 26.8 Å². The molecule has 0 spiro atoms. The lowest BCUT2D eigenvalue weighted by Crippen LogP contribution is -2.56. The minimum absolute atomic E-state index is 0.148. The predicted octanol–water partition coefficient (Wildman–Crippen LogP) is 2.51. The molecule has 2 heterocycles. The molecule has 2 fully saturated rings. The Bertz CT molecular complexity index is 584. The van der Waals surface area contributed by atoms with Gasteiger partial charge < -0.3 is 9.80 Å². The summed E-state index contributed by atoms with van der Waals surface area (Å²) in [6, 6.07) is 7.41. The van der Waals surface area contributed by atoms with Gasteiger partial charge in [0.05, 0.1) is 5.69 Å². The Morgan fingerprint density at radius 2 is 1.96 bits per heavy atom. The summed E-state index contributed by atoms with van der Waals surface area (Å²) in [7, 11) is 0. The Hall–Kier alpha value is -1.88. The van der Waals surface area contributed by atoms with E-state index in [1.165, 1.54) is 6.07 Å². The molecule has 0 aliphatic carbocycles. The highest BCUT2D eigenvalue weighted by Crippen LogP contribution is 2.23. The molecule has 0 radical (unpaired) electrons. The molecule has 1 aromatic carbocycles. The maximum absolute atomic E-state index is 13.9. The molecule has 24 heavy (non-hydrogen) atoms. The van der Waals surface area contributed by atoms with Crippen molar-refractivity contribution in [2.75, 3.05) is 44.2 Å². The van der Waals surface area contributed by atoms with Crippen LogP contribution in [0.2, 0.25) is 0 Å². The number of amides is 1. The van der Waals surface area contributed by atoms with E-state index < -0.39 is 0 Å². The van der Waals surface area contributed by atoms with Crippen LogP contribution in [0, 0.1) is 5.82 Å². The molecule has 1 atom stereocenters. The van der Waals surface area contributed by atoms with E-state index in [1.807, 2.05) is 17.0 Å². The number of benzene rings is 1. The second-order valence-corrected chi connectivity index (χ2v) is 6.60. The van der Waals surface area contributed by atoms with Gasteiger partial charge in [0.1, 0.15) is 5.82 Å². The first kappa shape index (κ1) is 17.0. The summed E-state index contributed by atoms with van der Waals surface area (Å²) in [5.41, 5.74) is 0.698. The minimum atomic E-state index is -0.148. The van der Waals surface area contributed by atoms with Gasteiger partial charge in [-0.1, -0.05) is 18.2 Å². The van der Waals surface area contributed by atoms with Crippen LogP contribution in [0.15, 0.2) is 36.9 Å². The van der Waals surface area contributed by atoms with Crippen LogP contribution < -0.4 is 4.90 Å². The van der Waals surface area contributed by atoms with Crippen LogP contribution in [0.4, 0.5) is 10.1 Å². The molecular formula is C19H26FN3O. The second-order valence-electron chi connectivity index (χ2n) is 6.60. The Morgan fingerprint density at radius 1 is 1.21 bits per heavy atom. The summed E-state index contributed by atoms with van der Waals surface area (Å²) in [4.78, 5) is 18.6. The van der Waals surface area contributed by atoms with E-state index in [9.17, 15) is 9.18 Å². The van der Waals surface area contributed by atoms with E-state index in [-0.39, 0.29) is 11.7 Å². The number of carbonyl (C=O) groups excluding carboxylic acids is 1. The molecule has 0 bridgehead atoms. The van der Waals surface area contributed by atoms with E-state index in [2.05, 4.69) is 16.4 Å². The average Bonchev–Trinajstić information content (AvgIpc) is 2.63. The summed E-state index contributed by atoms with van der Waals surface area (Å²) >= 11 is 0. The van der Waals surface area contributed by atoms with Crippen molar-refractivity contribution in [3.63, 3.8) is 0 Å². The van der Waals surface area contributed by atoms with Crippen molar-refractivity contribution in [2.24, 2.45) is 0 Å². The molecule has 130 valence electrons. The maximum Gasteiger partial charge on any atom is 0.226 e. The molecular weight excluding hydrogens is 305 g/mol. The van der Waals surface area contributed by atoms with Crippen molar-refractivity contribution in [1.29, 1.82) is 0 Å². The molecule has 1 amide bonds. The maximum atomic E-state index is 13.9. The van der Waals surface area contributed by atoms with Gasteiger partial charge >= 0.3 is 0 Å². The number of hydrogen-bond acceptors (Lipinski definition) is 3. The summed E-state index contributed by atoms with van der Waals surface area (Å²) in [6.07, 6.45) is 4.30. The van der Waals surface area contributed by atoms with Gasteiger partial charge in [0.15, 0.2) is 0 Å². The summed E-state index contributed by atoms with van der Waals surface area (Å²) in [5.74, 6) is 0.0319. The average molecular weight is 331 g/mol. The Labute approximate surface area is 143 Å². The van der Waals surface area contributed by atoms with E-state index >= 15 is 0 Å². The van der Waals surface area contributed by atoms with E-state index in [1.54, 1.807) is 12.1 Å². The number of halogens is 1. The first-order chi connectivity index (χ1) is 11.7. The zero-order valence-corrected chi connectivity index (χ0v) is 14.2. The van der Waals surface area contributed by atoms with Gasteiger partial charge in [-0.25, -0.2) is 4.39 Å². The third-order valence-corrected chi connectivity index (χ3v) is 5.09. The number of likely N-dealkylation sites (tertiary alicyclic amines) is 1. The third-order valence-electron chi connectivity index (χ3n) is 5.09. The molecule has 1 unspecified atom stereocenters. The highest BCUT2D eigenvalue weighted by atomic mass is 19.1. The quantitative estimate of drug-likeness (QED) is 0.793. The van der Waals surface area contributed by atoms with Crippen molar-refractivity contribution in [3.8, 4) is 0 Å². The summed E-state index contributed by atoms with van der Waals surface area (Å²) < 4.78 is 13.9. The van der Waals surface area contributed by atoms with Crippen LogP contribution in [-0.2, 0) is 4.79 Å². The molecule has 2 aliphatic heterocycles. The number of piperidine rings is 1. The Morgan fingerprint density at radius 3 is 2.67 bits per heavy atom. The second kappa shape index (κ2) is 7.79. The molecule has 2 saturated heterocycles. The highest BCUT2D eigenvalue weighted by molar-refractivity contribution is 5.77. The van der Waals surface area contributed by atoms with Gasteiger partial charge in [-0.15, -0.1) is 6.58 Å². The van der Waals surface area contributed by atoms with Gasteiger partial charge in [0.2, 0.25) is 5.91 Å². The van der Waals surface area contributed by atoms with Crippen LogP contribution in [-0.4, -0.2) is 61.0 Å². The fourth-order valence-electron chi connectivity index (χ4n) is 3.77. The number of piperazine rings is 1. The summed E-state index contributed by atoms with van der Waals surface area (Å²) in [6.45, 7) is 8.83. The van der Waals surface area contributed by atoms with Crippen molar-refractivity contribution in [2.45, 2.75) is 25.3 Å². The van der Waals surface area contributed by atoms with Crippen molar-refractivity contribution >= 4 is 11.6 Å². The molecule has 2 aliphatic rings. The van der Waals surface area contributed by atoms with Crippen molar-refractivity contribution < 1.29 is 9.18 Å². The zero-order chi connectivity index (χ0) is 16.9. The van der Waals surface area contributed by atoms with E-state index in [4.69, 9.17) is 0 Å². The van der Waals surface area contributed by atoms with Crippen LogP contribution in [0.1, 0.15) is 19.3 Å². The molecule has 0 N–H and O–H groups in total. The van der Waals surface area contributed by atoms with Gasteiger partial charge in [-0.05, 0) is 25.0 Å². The van der Waals surface area contributed by atoms with Gasteiger partial charge in [-0.3, -0.25) is 9.69 Å². The molecule has 5 heteroatoms. The van der Waals surface area contributed by atoms with Crippen LogP contribution >= 0.6 is 0 Å². The fraction of sp³-hybridized carbons (Fsp3) is 0.526. The molecule has 3 rings (SSSR count). The smallest absolute Gasteiger partial charge is 0.226 e. The lowest BCUT2D eigenvalue weighted by atomic mass is 10.0. The number of rotatable bonds is 4. The lowest BCUT2D eigenvalue weighted by molar-refractivity contribution is -0.132. The Kier molecular flexibility index (Phi) is 5.51. The predicted molar refractivity (Wildman–Crippen MR) is 94.6 cm³/mol. The molecule has 4 nitrogen and oxygen atoms in total. The zero-order valence-electron chi connectivity index (χ0n) is 14.2. The standard InChI is InChI=1S/C19H26FN3O/c1-2-6-19(24)23-10-5-7-16(15-23)21-11-13-22(14-12-21)18-9-4-3-8-17(18)20/h2-4,8-9,16H,1,5-7,10-15H2. The van der Waals surface area contributed by atoms with Gasteiger partial charge in [0, 0.05) is 51.7 Å². The summed E-state index contributed by atoms with van der Waals surface area (Å²) in [5, 5.41) is 0. The monoisotopic (exact) mass is 331 g/mol. The third kappa shape index (κ3) is 3.78. The van der Waals surface area contributed by atoms with E-state index in [0.717, 1.165) is 52.1 Å². The lowest BCUT2D eigenvalue weighted by Gasteiger charge is -2.44. The number of para-hydroxylation sites is 1.